The molecule has 0 saturated heterocycles. The highest BCUT2D eigenvalue weighted by Gasteiger charge is 2.07. The molecule has 0 aromatic carbocycles. The van der Waals surface area contributed by atoms with E-state index < -0.39 is 5.97 Å². The molecule has 0 unspecified atom stereocenters. The number of hydrogen-bond donors (Lipinski definition) is 1. The van der Waals surface area contributed by atoms with Gasteiger partial charge in [0.2, 0.25) is 5.91 Å². The zero-order valence-corrected chi connectivity index (χ0v) is 6.66. The fraction of sp³-hybridized carbons (Fsp3) is 0.250. The van der Waals surface area contributed by atoms with Crippen molar-refractivity contribution in [3.05, 3.63) is 23.9 Å². The van der Waals surface area contributed by atoms with Crippen molar-refractivity contribution in [2.75, 3.05) is 6.61 Å². The van der Waals surface area contributed by atoms with Crippen molar-refractivity contribution in [2.24, 2.45) is 0 Å². The molecule has 1 aliphatic heterocycles. The minimum Gasteiger partial charge on any atom is -0.463 e. The van der Waals surface area contributed by atoms with Crippen molar-refractivity contribution >= 4 is 11.9 Å². The van der Waals surface area contributed by atoms with Crippen LogP contribution in [0.5, 0.6) is 0 Å². The zero-order chi connectivity index (χ0) is 8.97. The Balaban J connectivity index is 2.53. The van der Waals surface area contributed by atoms with Gasteiger partial charge in [-0.3, -0.25) is 4.79 Å². The summed E-state index contributed by atoms with van der Waals surface area (Å²) in [5.41, 5.74) is 0.471. The van der Waals surface area contributed by atoms with Crippen molar-refractivity contribution in [1.82, 2.24) is 5.32 Å². The highest BCUT2D eigenvalue weighted by atomic mass is 16.5. The van der Waals surface area contributed by atoms with Gasteiger partial charge in [0.25, 0.3) is 0 Å². The van der Waals surface area contributed by atoms with Crippen LogP contribution in [0.1, 0.15) is 6.92 Å². The van der Waals surface area contributed by atoms with Gasteiger partial charge in [-0.25, -0.2) is 4.79 Å². The Hall–Kier alpha value is -1.58. The number of amides is 1. The molecule has 0 aromatic rings. The Labute approximate surface area is 69.9 Å². The molecule has 4 nitrogen and oxygen atoms in total. The standard InChI is InChI=1S/C8H9NO3/c1-2-12-8(11)5-6-3-4-7(10)9-6/h3-5H,2H2,1H3,(H,9,10)/b6-5+. The summed E-state index contributed by atoms with van der Waals surface area (Å²) in [5, 5.41) is 2.45. The molecule has 0 atom stereocenters. The van der Waals surface area contributed by atoms with Gasteiger partial charge in [0.1, 0.15) is 0 Å². The number of hydrogen-bond acceptors (Lipinski definition) is 3. The van der Waals surface area contributed by atoms with Gasteiger partial charge in [-0.2, -0.15) is 0 Å². The lowest BCUT2D eigenvalue weighted by Crippen LogP contribution is -2.14. The molecule has 0 spiro atoms. The van der Waals surface area contributed by atoms with Crippen molar-refractivity contribution in [1.29, 1.82) is 0 Å². The van der Waals surface area contributed by atoms with E-state index in [-0.39, 0.29) is 5.91 Å². The van der Waals surface area contributed by atoms with E-state index in [1.54, 1.807) is 6.92 Å². The maximum absolute atomic E-state index is 10.8. The molecule has 1 amide bonds. The largest absolute Gasteiger partial charge is 0.463 e. The summed E-state index contributed by atoms with van der Waals surface area (Å²) in [6.45, 7) is 2.06. The summed E-state index contributed by atoms with van der Waals surface area (Å²) in [6, 6.07) is 0. The van der Waals surface area contributed by atoms with Crippen LogP contribution in [0.2, 0.25) is 0 Å². The molecule has 0 radical (unpaired) electrons. The smallest absolute Gasteiger partial charge is 0.332 e. The molecule has 0 bridgehead atoms. The predicted molar refractivity (Wildman–Crippen MR) is 42.0 cm³/mol. The molecule has 0 aromatic heterocycles. The first-order valence-corrected chi connectivity index (χ1v) is 3.60. The quantitative estimate of drug-likeness (QED) is 0.469. The van der Waals surface area contributed by atoms with Gasteiger partial charge in [-0.1, -0.05) is 0 Å². The summed E-state index contributed by atoms with van der Waals surface area (Å²) in [5.74, 6) is -0.662. The predicted octanol–water partition coefficient (Wildman–Crippen LogP) is 0.119. The number of rotatable bonds is 2. The fourth-order valence-electron chi connectivity index (χ4n) is 0.786. The van der Waals surface area contributed by atoms with Gasteiger partial charge >= 0.3 is 5.97 Å². The second kappa shape index (κ2) is 3.71. The lowest BCUT2D eigenvalue weighted by molar-refractivity contribution is -0.137. The van der Waals surface area contributed by atoms with E-state index in [2.05, 4.69) is 10.1 Å². The van der Waals surface area contributed by atoms with Crippen molar-refractivity contribution in [2.45, 2.75) is 6.92 Å². The minimum absolute atomic E-state index is 0.217. The first-order valence-electron chi connectivity index (χ1n) is 3.60. The van der Waals surface area contributed by atoms with Gasteiger partial charge in [0.15, 0.2) is 0 Å². The number of nitrogens with one attached hydrogen (secondary N) is 1. The minimum atomic E-state index is -0.445. The lowest BCUT2D eigenvalue weighted by atomic mass is 10.4. The van der Waals surface area contributed by atoms with Gasteiger partial charge in [0.05, 0.1) is 6.61 Å². The average Bonchev–Trinajstić information content (AvgIpc) is 2.36. The monoisotopic (exact) mass is 167 g/mol. The summed E-state index contributed by atoms with van der Waals surface area (Å²) in [7, 11) is 0. The van der Waals surface area contributed by atoms with E-state index in [0.717, 1.165) is 0 Å². The lowest BCUT2D eigenvalue weighted by Gasteiger charge is -1.97. The zero-order valence-electron chi connectivity index (χ0n) is 6.66. The normalized spacial score (nSPS) is 18.1. The van der Waals surface area contributed by atoms with Crippen LogP contribution in [0.3, 0.4) is 0 Å². The highest BCUT2D eigenvalue weighted by Crippen LogP contribution is 2.00. The summed E-state index contributed by atoms with van der Waals surface area (Å²) >= 11 is 0. The molecule has 64 valence electrons. The number of carbonyl (C=O) groups is 2. The Bertz CT molecular complexity index is 265. The first-order chi connectivity index (χ1) is 5.72. The van der Waals surface area contributed by atoms with E-state index in [0.29, 0.717) is 12.3 Å². The molecule has 0 saturated carbocycles. The highest BCUT2D eigenvalue weighted by molar-refractivity contribution is 5.95. The van der Waals surface area contributed by atoms with Gasteiger partial charge in [-0.15, -0.1) is 0 Å². The van der Waals surface area contributed by atoms with E-state index in [4.69, 9.17) is 0 Å². The molecule has 1 N–H and O–H groups in total. The molecular weight excluding hydrogens is 158 g/mol. The molecule has 1 rings (SSSR count). The van der Waals surface area contributed by atoms with Crippen LogP contribution in [0, 0.1) is 0 Å². The average molecular weight is 167 g/mol. The van der Waals surface area contributed by atoms with Crippen LogP contribution in [0.25, 0.3) is 0 Å². The van der Waals surface area contributed by atoms with Gasteiger partial charge < -0.3 is 10.1 Å². The van der Waals surface area contributed by atoms with Crippen molar-refractivity contribution in [3.8, 4) is 0 Å². The maximum Gasteiger partial charge on any atom is 0.332 e. The van der Waals surface area contributed by atoms with E-state index in [9.17, 15) is 9.59 Å². The molecule has 4 heteroatoms. The summed E-state index contributed by atoms with van der Waals surface area (Å²) in [4.78, 5) is 21.4. The SMILES string of the molecule is CCOC(=O)/C=C1\C=CC(=O)N1. The maximum atomic E-state index is 10.8. The van der Waals surface area contributed by atoms with E-state index in [1.807, 2.05) is 0 Å². The Kier molecular flexibility index (Phi) is 2.63. The van der Waals surface area contributed by atoms with E-state index >= 15 is 0 Å². The summed E-state index contributed by atoms with van der Waals surface area (Å²) < 4.78 is 4.64. The van der Waals surface area contributed by atoms with Crippen LogP contribution in [-0.4, -0.2) is 18.5 Å². The molecule has 12 heavy (non-hydrogen) atoms. The molecule has 1 aliphatic rings. The van der Waals surface area contributed by atoms with Gasteiger partial charge in [0, 0.05) is 17.8 Å². The molecule has 1 heterocycles. The number of carbonyl (C=O) groups excluding carboxylic acids is 2. The Morgan fingerprint density at radius 3 is 2.92 bits per heavy atom. The number of esters is 1. The number of allylic oxidation sites excluding steroid dienone is 1. The van der Waals surface area contributed by atoms with E-state index in [1.165, 1.54) is 18.2 Å². The molecule has 0 aliphatic carbocycles. The van der Waals surface area contributed by atoms with Crippen LogP contribution in [-0.2, 0) is 14.3 Å². The first kappa shape index (κ1) is 8.52. The second-order valence-electron chi connectivity index (χ2n) is 2.17. The van der Waals surface area contributed by atoms with Crippen LogP contribution >= 0.6 is 0 Å². The summed E-state index contributed by atoms with van der Waals surface area (Å²) in [6.07, 6.45) is 4.12. The van der Waals surface area contributed by atoms with Crippen LogP contribution in [0.15, 0.2) is 23.9 Å². The van der Waals surface area contributed by atoms with Gasteiger partial charge in [-0.05, 0) is 13.0 Å². The molecule has 0 fully saturated rings. The third-order valence-corrected chi connectivity index (χ3v) is 1.24. The third kappa shape index (κ3) is 2.23. The Morgan fingerprint density at radius 2 is 2.42 bits per heavy atom. The van der Waals surface area contributed by atoms with Crippen molar-refractivity contribution < 1.29 is 14.3 Å². The number of ether oxygens (including phenoxy) is 1. The topological polar surface area (TPSA) is 55.4 Å². The third-order valence-electron chi connectivity index (χ3n) is 1.24. The van der Waals surface area contributed by atoms with Crippen LogP contribution < -0.4 is 5.32 Å². The Morgan fingerprint density at radius 1 is 1.67 bits per heavy atom. The van der Waals surface area contributed by atoms with Crippen molar-refractivity contribution in [3.63, 3.8) is 0 Å². The molecular formula is C8H9NO3. The second-order valence-corrected chi connectivity index (χ2v) is 2.17. The fourth-order valence-corrected chi connectivity index (χ4v) is 0.786. The van der Waals surface area contributed by atoms with Crippen LogP contribution in [0.4, 0.5) is 0 Å².